The summed E-state index contributed by atoms with van der Waals surface area (Å²) in [5.41, 5.74) is 0.889. The van der Waals surface area contributed by atoms with Crippen LogP contribution in [-0.4, -0.2) is 5.97 Å². The third kappa shape index (κ3) is 2.22. The number of benzene rings is 2. The lowest BCUT2D eigenvalue weighted by Gasteiger charge is -2.08. The number of carbonyl (C=O) groups is 1. The number of hydrogen-bond acceptors (Lipinski definition) is 3. The van der Waals surface area contributed by atoms with Crippen LogP contribution in [-0.2, 0) is 4.79 Å². The molecule has 19 heavy (non-hydrogen) atoms. The lowest BCUT2D eigenvalue weighted by molar-refractivity contribution is -0.131. The Labute approximate surface area is 110 Å². The zero-order valence-electron chi connectivity index (χ0n) is 10.4. The standard InChI is InChI=1S/C16H12O3/c1-11(17)19-16-10-13(15-7-4-8-18-15)9-12-5-2-3-6-14(12)16/h2-10H,1H3. The van der Waals surface area contributed by atoms with Crippen LogP contribution in [0.25, 0.3) is 22.1 Å². The Morgan fingerprint density at radius 1 is 1.11 bits per heavy atom. The lowest BCUT2D eigenvalue weighted by atomic mass is 10.0. The van der Waals surface area contributed by atoms with E-state index in [1.165, 1.54) is 6.92 Å². The SMILES string of the molecule is CC(=O)Oc1cc(-c2ccco2)cc2ccccc12. The maximum atomic E-state index is 11.2. The van der Waals surface area contributed by atoms with Gasteiger partial charge in [-0.05, 0) is 29.7 Å². The van der Waals surface area contributed by atoms with Gasteiger partial charge in [-0.3, -0.25) is 4.79 Å². The van der Waals surface area contributed by atoms with E-state index in [0.29, 0.717) is 5.75 Å². The van der Waals surface area contributed by atoms with Gasteiger partial charge in [-0.15, -0.1) is 0 Å². The van der Waals surface area contributed by atoms with Gasteiger partial charge in [-0.1, -0.05) is 24.3 Å². The van der Waals surface area contributed by atoms with Crippen molar-refractivity contribution >= 4 is 16.7 Å². The third-order valence-corrected chi connectivity index (χ3v) is 2.88. The molecule has 0 fully saturated rings. The zero-order valence-corrected chi connectivity index (χ0v) is 10.4. The van der Waals surface area contributed by atoms with Crippen LogP contribution in [0.5, 0.6) is 5.75 Å². The molecule has 0 spiro atoms. The van der Waals surface area contributed by atoms with E-state index >= 15 is 0 Å². The summed E-state index contributed by atoms with van der Waals surface area (Å²) in [5.74, 6) is 0.970. The van der Waals surface area contributed by atoms with Crippen molar-refractivity contribution in [1.29, 1.82) is 0 Å². The number of furan rings is 1. The highest BCUT2D eigenvalue weighted by Crippen LogP contribution is 2.32. The van der Waals surface area contributed by atoms with E-state index in [1.54, 1.807) is 6.26 Å². The average molecular weight is 252 g/mol. The Kier molecular flexibility index (Phi) is 2.80. The van der Waals surface area contributed by atoms with E-state index in [2.05, 4.69) is 0 Å². The summed E-state index contributed by atoms with van der Waals surface area (Å²) in [6.07, 6.45) is 1.62. The molecule has 3 nitrogen and oxygen atoms in total. The molecule has 0 saturated heterocycles. The minimum atomic E-state index is -0.332. The number of fused-ring (bicyclic) bond motifs is 1. The molecule has 0 radical (unpaired) electrons. The molecule has 0 amide bonds. The number of carbonyl (C=O) groups excluding carboxylic acids is 1. The molecule has 2 aromatic carbocycles. The molecule has 3 aromatic rings. The second-order valence-corrected chi connectivity index (χ2v) is 4.27. The van der Waals surface area contributed by atoms with E-state index < -0.39 is 0 Å². The first kappa shape index (κ1) is 11.5. The Morgan fingerprint density at radius 2 is 1.95 bits per heavy atom. The second-order valence-electron chi connectivity index (χ2n) is 4.27. The van der Waals surface area contributed by atoms with Crippen LogP contribution in [0.1, 0.15) is 6.92 Å². The largest absolute Gasteiger partial charge is 0.464 e. The summed E-state index contributed by atoms with van der Waals surface area (Å²) in [6.45, 7) is 1.40. The van der Waals surface area contributed by atoms with Crippen molar-refractivity contribution in [1.82, 2.24) is 0 Å². The Hall–Kier alpha value is -2.55. The van der Waals surface area contributed by atoms with Crippen LogP contribution in [0.15, 0.2) is 59.2 Å². The van der Waals surface area contributed by atoms with Crippen LogP contribution in [0.2, 0.25) is 0 Å². The van der Waals surface area contributed by atoms with Crippen LogP contribution >= 0.6 is 0 Å². The highest BCUT2D eigenvalue weighted by atomic mass is 16.5. The summed E-state index contributed by atoms with van der Waals surface area (Å²) in [7, 11) is 0. The predicted molar refractivity (Wildman–Crippen MR) is 73.0 cm³/mol. The van der Waals surface area contributed by atoms with E-state index in [-0.39, 0.29) is 5.97 Å². The van der Waals surface area contributed by atoms with E-state index in [9.17, 15) is 4.79 Å². The molecule has 3 rings (SSSR count). The number of rotatable bonds is 2. The van der Waals surface area contributed by atoms with Gasteiger partial charge in [0.25, 0.3) is 0 Å². The van der Waals surface area contributed by atoms with Gasteiger partial charge >= 0.3 is 5.97 Å². The van der Waals surface area contributed by atoms with Crippen LogP contribution in [0.4, 0.5) is 0 Å². The van der Waals surface area contributed by atoms with E-state index in [4.69, 9.17) is 9.15 Å². The van der Waals surface area contributed by atoms with Gasteiger partial charge in [0.05, 0.1) is 6.26 Å². The smallest absolute Gasteiger partial charge is 0.308 e. The molecule has 0 N–H and O–H groups in total. The van der Waals surface area contributed by atoms with Crippen molar-refractivity contribution in [3.05, 3.63) is 54.8 Å². The first-order valence-electron chi connectivity index (χ1n) is 5.99. The first-order valence-corrected chi connectivity index (χ1v) is 5.99. The van der Waals surface area contributed by atoms with Gasteiger partial charge in [0.1, 0.15) is 11.5 Å². The molecule has 1 heterocycles. The van der Waals surface area contributed by atoms with Gasteiger partial charge < -0.3 is 9.15 Å². The summed E-state index contributed by atoms with van der Waals surface area (Å²) >= 11 is 0. The highest BCUT2D eigenvalue weighted by Gasteiger charge is 2.09. The average Bonchev–Trinajstić information content (AvgIpc) is 2.92. The molecule has 0 aliphatic rings. The molecule has 94 valence electrons. The minimum absolute atomic E-state index is 0.332. The van der Waals surface area contributed by atoms with Gasteiger partial charge in [0.2, 0.25) is 0 Å². The number of ether oxygens (including phenoxy) is 1. The van der Waals surface area contributed by atoms with E-state index in [1.807, 2.05) is 48.5 Å². The summed E-state index contributed by atoms with van der Waals surface area (Å²) in [4.78, 5) is 11.2. The maximum Gasteiger partial charge on any atom is 0.308 e. The van der Waals surface area contributed by atoms with Gasteiger partial charge in [-0.2, -0.15) is 0 Å². The molecular formula is C16H12O3. The van der Waals surface area contributed by atoms with Crippen molar-refractivity contribution in [2.24, 2.45) is 0 Å². The Morgan fingerprint density at radius 3 is 2.68 bits per heavy atom. The van der Waals surface area contributed by atoms with Gasteiger partial charge in [0.15, 0.2) is 0 Å². The maximum absolute atomic E-state index is 11.2. The summed E-state index contributed by atoms with van der Waals surface area (Å²) < 4.78 is 10.7. The van der Waals surface area contributed by atoms with Gasteiger partial charge in [-0.25, -0.2) is 0 Å². The monoisotopic (exact) mass is 252 g/mol. The van der Waals surface area contributed by atoms with Crippen molar-refractivity contribution in [3.63, 3.8) is 0 Å². The molecule has 0 aliphatic carbocycles. The van der Waals surface area contributed by atoms with Crippen molar-refractivity contribution < 1.29 is 13.9 Å². The van der Waals surface area contributed by atoms with Crippen molar-refractivity contribution in [3.8, 4) is 17.1 Å². The summed E-state index contributed by atoms with van der Waals surface area (Å²) in [5, 5.41) is 1.92. The van der Waals surface area contributed by atoms with Crippen molar-refractivity contribution in [2.45, 2.75) is 6.92 Å². The quantitative estimate of drug-likeness (QED) is 0.510. The number of hydrogen-bond donors (Lipinski definition) is 0. The lowest BCUT2D eigenvalue weighted by Crippen LogP contribution is -2.02. The predicted octanol–water partition coefficient (Wildman–Crippen LogP) is 4.03. The minimum Gasteiger partial charge on any atom is -0.464 e. The molecular weight excluding hydrogens is 240 g/mol. The van der Waals surface area contributed by atoms with Crippen LogP contribution in [0.3, 0.4) is 0 Å². The van der Waals surface area contributed by atoms with Crippen LogP contribution in [0, 0.1) is 0 Å². The Balaban J connectivity index is 2.23. The molecule has 0 unspecified atom stereocenters. The van der Waals surface area contributed by atoms with Gasteiger partial charge in [0, 0.05) is 17.9 Å². The number of esters is 1. The third-order valence-electron chi connectivity index (χ3n) is 2.88. The zero-order chi connectivity index (χ0) is 13.2. The topological polar surface area (TPSA) is 39.4 Å². The first-order chi connectivity index (χ1) is 9.24. The van der Waals surface area contributed by atoms with Crippen molar-refractivity contribution in [2.75, 3.05) is 0 Å². The molecule has 1 aromatic heterocycles. The highest BCUT2D eigenvalue weighted by molar-refractivity contribution is 5.93. The van der Waals surface area contributed by atoms with E-state index in [0.717, 1.165) is 22.1 Å². The molecule has 0 saturated carbocycles. The molecule has 0 aliphatic heterocycles. The van der Waals surface area contributed by atoms with Crippen LogP contribution < -0.4 is 4.74 Å². The second kappa shape index (κ2) is 4.61. The fourth-order valence-electron chi connectivity index (χ4n) is 2.10. The molecule has 3 heteroatoms. The molecule has 0 atom stereocenters. The normalized spacial score (nSPS) is 10.6. The fourth-order valence-corrected chi connectivity index (χ4v) is 2.10. The fraction of sp³-hybridized carbons (Fsp3) is 0.0625. The molecule has 0 bridgehead atoms. The Bertz CT molecular complexity index is 727. The summed E-state index contributed by atoms with van der Waals surface area (Å²) in [6, 6.07) is 15.3.